The predicted octanol–water partition coefficient (Wildman–Crippen LogP) is 1.13. The van der Waals surface area contributed by atoms with Crippen LogP contribution in [0.3, 0.4) is 0 Å². The SMILES string of the molecule is O=C(c1ccc(F)cc1O)N1CCC[C@H]1CO. The number of phenols is 1. The molecule has 0 bridgehead atoms. The van der Waals surface area contributed by atoms with Gasteiger partial charge in [-0.05, 0) is 25.0 Å². The smallest absolute Gasteiger partial charge is 0.257 e. The van der Waals surface area contributed by atoms with Crippen LogP contribution in [-0.4, -0.2) is 40.2 Å². The summed E-state index contributed by atoms with van der Waals surface area (Å²) in [6, 6.07) is 3.11. The summed E-state index contributed by atoms with van der Waals surface area (Å²) in [6.07, 6.45) is 1.59. The molecule has 1 aromatic rings. The lowest BCUT2D eigenvalue weighted by Gasteiger charge is -2.23. The van der Waals surface area contributed by atoms with Crippen molar-refractivity contribution in [3.05, 3.63) is 29.6 Å². The lowest BCUT2D eigenvalue weighted by Crippen LogP contribution is -2.37. The molecule has 1 heterocycles. The van der Waals surface area contributed by atoms with E-state index in [2.05, 4.69) is 0 Å². The fourth-order valence-corrected chi connectivity index (χ4v) is 2.13. The molecule has 1 aliphatic rings. The molecule has 4 nitrogen and oxygen atoms in total. The van der Waals surface area contributed by atoms with Crippen molar-refractivity contribution in [2.75, 3.05) is 13.2 Å². The van der Waals surface area contributed by atoms with Gasteiger partial charge in [0.15, 0.2) is 0 Å². The average Bonchev–Trinajstić information content (AvgIpc) is 2.76. The molecule has 17 heavy (non-hydrogen) atoms. The number of benzene rings is 1. The number of carbonyl (C=O) groups excluding carboxylic acids is 1. The number of amides is 1. The highest BCUT2D eigenvalue weighted by Gasteiger charge is 2.29. The Bertz CT molecular complexity index is 436. The molecule has 5 heteroatoms. The second kappa shape index (κ2) is 4.71. The summed E-state index contributed by atoms with van der Waals surface area (Å²) < 4.78 is 12.8. The maximum atomic E-state index is 12.8. The van der Waals surface area contributed by atoms with Crippen LogP contribution in [0.25, 0.3) is 0 Å². The van der Waals surface area contributed by atoms with Gasteiger partial charge >= 0.3 is 0 Å². The van der Waals surface area contributed by atoms with Crippen molar-refractivity contribution in [1.29, 1.82) is 0 Å². The molecule has 2 rings (SSSR count). The fraction of sp³-hybridized carbons (Fsp3) is 0.417. The summed E-state index contributed by atoms with van der Waals surface area (Å²) in [5.41, 5.74) is 0.0757. The third-order valence-electron chi connectivity index (χ3n) is 3.04. The molecule has 0 unspecified atom stereocenters. The van der Waals surface area contributed by atoms with E-state index in [1.807, 2.05) is 0 Å². The van der Waals surface area contributed by atoms with E-state index in [-0.39, 0.29) is 29.9 Å². The third kappa shape index (κ3) is 2.24. The number of carbonyl (C=O) groups is 1. The van der Waals surface area contributed by atoms with E-state index < -0.39 is 5.82 Å². The molecule has 1 aromatic carbocycles. The molecule has 92 valence electrons. The number of aliphatic hydroxyl groups is 1. The molecule has 1 saturated heterocycles. The summed E-state index contributed by atoms with van der Waals surface area (Å²) in [4.78, 5) is 13.6. The molecule has 1 atom stereocenters. The van der Waals surface area contributed by atoms with Crippen molar-refractivity contribution in [3.8, 4) is 5.75 Å². The monoisotopic (exact) mass is 239 g/mol. The third-order valence-corrected chi connectivity index (χ3v) is 3.04. The van der Waals surface area contributed by atoms with Crippen LogP contribution in [0.4, 0.5) is 4.39 Å². The Morgan fingerprint density at radius 2 is 2.29 bits per heavy atom. The number of hydrogen-bond acceptors (Lipinski definition) is 3. The second-order valence-corrected chi connectivity index (χ2v) is 4.14. The quantitative estimate of drug-likeness (QED) is 0.813. The summed E-state index contributed by atoms with van der Waals surface area (Å²) in [5.74, 6) is -1.31. The van der Waals surface area contributed by atoms with Gasteiger partial charge < -0.3 is 15.1 Å². The van der Waals surface area contributed by atoms with E-state index in [4.69, 9.17) is 5.11 Å². The van der Waals surface area contributed by atoms with Gasteiger partial charge in [0.25, 0.3) is 5.91 Å². The van der Waals surface area contributed by atoms with Crippen molar-refractivity contribution >= 4 is 5.91 Å². The number of aromatic hydroxyl groups is 1. The zero-order chi connectivity index (χ0) is 12.4. The molecule has 0 saturated carbocycles. The lowest BCUT2D eigenvalue weighted by molar-refractivity contribution is 0.0674. The number of hydrogen-bond donors (Lipinski definition) is 2. The summed E-state index contributed by atoms with van der Waals surface area (Å²) >= 11 is 0. The van der Waals surface area contributed by atoms with Crippen LogP contribution in [-0.2, 0) is 0 Å². The fourth-order valence-electron chi connectivity index (χ4n) is 2.13. The Labute approximate surface area is 98.3 Å². The van der Waals surface area contributed by atoms with E-state index in [1.54, 1.807) is 0 Å². The topological polar surface area (TPSA) is 60.8 Å². The van der Waals surface area contributed by atoms with Gasteiger partial charge in [-0.25, -0.2) is 4.39 Å². The first kappa shape index (κ1) is 11.9. The molecule has 1 aliphatic heterocycles. The van der Waals surface area contributed by atoms with Crippen LogP contribution in [0.2, 0.25) is 0 Å². The highest BCUT2D eigenvalue weighted by atomic mass is 19.1. The predicted molar refractivity (Wildman–Crippen MR) is 59.2 cm³/mol. The van der Waals surface area contributed by atoms with Crippen LogP contribution in [0.15, 0.2) is 18.2 Å². The van der Waals surface area contributed by atoms with Crippen LogP contribution in [0, 0.1) is 5.82 Å². The zero-order valence-corrected chi connectivity index (χ0v) is 9.27. The van der Waals surface area contributed by atoms with Gasteiger partial charge in [0.1, 0.15) is 11.6 Å². The van der Waals surface area contributed by atoms with Gasteiger partial charge in [-0.15, -0.1) is 0 Å². The Kier molecular flexibility index (Phi) is 3.28. The molecule has 0 radical (unpaired) electrons. The highest BCUT2D eigenvalue weighted by molar-refractivity contribution is 5.97. The van der Waals surface area contributed by atoms with Crippen molar-refractivity contribution < 1.29 is 19.4 Å². The molecule has 0 aromatic heterocycles. The molecular formula is C12H14FNO3. The first-order valence-corrected chi connectivity index (χ1v) is 5.54. The Balaban J connectivity index is 2.24. The van der Waals surface area contributed by atoms with Gasteiger partial charge in [-0.1, -0.05) is 0 Å². The molecule has 2 N–H and O–H groups in total. The van der Waals surface area contributed by atoms with Crippen molar-refractivity contribution in [2.24, 2.45) is 0 Å². The molecule has 1 fully saturated rings. The van der Waals surface area contributed by atoms with Crippen LogP contribution in [0.5, 0.6) is 5.75 Å². The average molecular weight is 239 g/mol. The van der Waals surface area contributed by atoms with Gasteiger partial charge in [0.05, 0.1) is 18.2 Å². The standard InChI is InChI=1S/C12H14FNO3/c13-8-3-4-10(11(16)6-8)12(17)14-5-1-2-9(14)7-15/h3-4,6,9,15-16H,1-2,5,7H2/t9-/m0/s1. The number of halogens is 1. The first-order valence-electron chi connectivity index (χ1n) is 5.54. The lowest BCUT2D eigenvalue weighted by atomic mass is 10.1. The molecule has 0 spiro atoms. The summed E-state index contributed by atoms with van der Waals surface area (Å²) in [5, 5.41) is 18.7. The normalized spacial score (nSPS) is 19.6. The van der Waals surface area contributed by atoms with E-state index in [0.29, 0.717) is 6.54 Å². The summed E-state index contributed by atoms with van der Waals surface area (Å²) in [6.45, 7) is 0.467. The van der Waals surface area contributed by atoms with Gasteiger partial charge in [-0.2, -0.15) is 0 Å². The van der Waals surface area contributed by atoms with Gasteiger partial charge in [0.2, 0.25) is 0 Å². The number of rotatable bonds is 2. The summed E-state index contributed by atoms with van der Waals surface area (Å²) in [7, 11) is 0. The Hall–Kier alpha value is -1.62. The second-order valence-electron chi connectivity index (χ2n) is 4.14. The van der Waals surface area contributed by atoms with E-state index in [1.165, 1.54) is 11.0 Å². The van der Waals surface area contributed by atoms with Crippen molar-refractivity contribution in [1.82, 2.24) is 4.90 Å². The number of aliphatic hydroxyl groups excluding tert-OH is 1. The van der Waals surface area contributed by atoms with Crippen LogP contribution >= 0.6 is 0 Å². The maximum absolute atomic E-state index is 12.8. The molecular weight excluding hydrogens is 225 g/mol. The number of phenolic OH excluding ortho intramolecular Hbond substituents is 1. The minimum Gasteiger partial charge on any atom is -0.507 e. The first-order chi connectivity index (χ1) is 8.13. The largest absolute Gasteiger partial charge is 0.507 e. The van der Waals surface area contributed by atoms with E-state index >= 15 is 0 Å². The minimum atomic E-state index is -0.584. The van der Waals surface area contributed by atoms with Crippen LogP contribution in [0.1, 0.15) is 23.2 Å². The molecule has 1 amide bonds. The Morgan fingerprint density at radius 3 is 2.94 bits per heavy atom. The van der Waals surface area contributed by atoms with Crippen LogP contribution < -0.4 is 0 Å². The minimum absolute atomic E-state index is 0.0757. The number of likely N-dealkylation sites (tertiary alicyclic amines) is 1. The van der Waals surface area contributed by atoms with Gasteiger partial charge in [-0.3, -0.25) is 4.79 Å². The van der Waals surface area contributed by atoms with Crippen molar-refractivity contribution in [2.45, 2.75) is 18.9 Å². The zero-order valence-electron chi connectivity index (χ0n) is 9.27. The molecule has 0 aliphatic carbocycles. The van der Waals surface area contributed by atoms with Crippen molar-refractivity contribution in [3.63, 3.8) is 0 Å². The van der Waals surface area contributed by atoms with E-state index in [0.717, 1.165) is 25.0 Å². The highest BCUT2D eigenvalue weighted by Crippen LogP contribution is 2.24. The number of nitrogens with zero attached hydrogens (tertiary/aromatic N) is 1. The van der Waals surface area contributed by atoms with E-state index in [9.17, 15) is 14.3 Å². The van der Waals surface area contributed by atoms with Gasteiger partial charge in [0, 0.05) is 12.6 Å². The maximum Gasteiger partial charge on any atom is 0.257 e. The Morgan fingerprint density at radius 1 is 1.53 bits per heavy atom.